The van der Waals surface area contributed by atoms with Crippen molar-refractivity contribution in [1.82, 2.24) is 15.2 Å². The fraction of sp³-hybridized carbons (Fsp3) is 0.706. The third-order valence-corrected chi connectivity index (χ3v) is 5.19. The summed E-state index contributed by atoms with van der Waals surface area (Å²) in [5.41, 5.74) is 0.968. The van der Waals surface area contributed by atoms with E-state index in [1.807, 2.05) is 18.2 Å². The van der Waals surface area contributed by atoms with E-state index in [0.29, 0.717) is 13.2 Å². The number of nitrogens with zero attached hydrogens (tertiary/aromatic N) is 2. The molecule has 0 aliphatic carbocycles. The molecule has 3 fully saturated rings. The van der Waals surface area contributed by atoms with Gasteiger partial charge in [-0.05, 0) is 38.1 Å². The van der Waals surface area contributed by atoms with Gasteiger partial charge in [0.25, 0.3) is 0 Å². The second kappa shape index (κ2) is 6.83. The minimum absolute atomic E-state index is 0.0738. The van der Waals surface area contributed by atoms with Crippen LogP contribution in [0, 0.1) is 0 Å². The van der Waals surface area contributed by atoms with E-state index in [1.54, 1.807) is 6.20 Å². The molecule has 0 saturated carbocycles. The lowest BCUT2D eigenvalue weighted by Crippen LogP contribution is -2.64. The number of pyridine rings is 1. The van der Waals surface area contributed by atoms with E-state index in [0.717, 1.165) is 18.8 Å². The average Bonchev–Trinajstić information content (AvgIpc) is 3.02. The highest BCUT2D eigenvalue weighted by Crippen LogP contribution is 2.32. The highest BCUT2D eigenvalue weighted by atomic mass is 16.7. The number of fused-ring (bicyclic) bond motifs is 2. The van der Waals surface area contributed by atoms with Crippen LogP contribution in [-0.4, -0.2) is 65.3 Å². The summed E-state index contributed by atoms with van der Waals surface area (Å²) < 4.78 is 11.8. The molecule has 5 atom stereocenters. The van der Waals surface area contributed by atoms with Gasteiger partial charge >= 0.3 is 0 Å². The molecule has 0 radical (unpaired) electrons. The van der Waals surface area contributed by atoms with Crippen LogP contribution in [-0.2, 0) is 16.0 Å². The van der Waals surface area contributed by atoms with Crippen LogP contribution in [0.1, 0.15) is 25.0 Å². The molecule has 1 aromatic rings. The Bertz CT molecular complexity index is 509. The molecule has 0 amide bonds. The van der Waals surface area contributed by atoms with Gasteiger partial charge in [-0.3, -0.25) is 9.88 Å². The summed E-state index contributed by atoms with van der Waals surface area (Å²) in [5.74, 6) is 0. The molecule has 1 aromatic heterocycles. The van der Waals surface area contributed by atoms with Crippen LogP contribution < -0.4 is 5.32 Å². The zero-order valence-electron chi connectivity index (χ0n) is 13.3. The maximum atomic E-state index is 11.0. The Morgan fingerprint density at radius 2 is 2.13 bits per heavy atom. The predicted molar refractivity (Wildman–Crippen MR) is 84.7 cm³/mol. The Morgan fingerprint density at radius 3 is 2.91 bits per heavy atom. The first-order chi connectivity index (χ1) is 11.3. The molecule has 6 heteroatoms. The Kier molecular flexibility index (Phi) is 4.59. The van der Waals surface area contributed by atoms with Crippen molar-refractivity contribution >= 4 is 0 Å². The highest BCUT2D eigenvalue weighted by molar-refractivity contribution is 5.06. The summed E-state index contributed by atoms with van der Waals surface area (Å²) >= 11 is 0. The number of nitrogens with one attached hydrogen (secondary N) is 1. The number of aliphatic hydroxyl groups is 1. The summed E-state index contributed by atoms with van der Waals surface area (Å²) in [4.78, 5) is 6.67. The molecule has 3 aliphatic heterocycles. The monoisotopic (exact) mass is 319 g/mol. The molecule has 4 heterocycles. The number of piperidine rings is 1. The van der Waals surface area contributed by atoms with E-state index >= 15 is 0 Å². The first-order valence-electron chi connectivity index (χ1n) is 8.65. The maximum Gasteiger partial charge on any atom is 0.176 e. The van der Waals surface area contributed by atoms with E-state index in [1.165, 1.54) is 19.3 Å². The van der Waals surface area contributed by atoms with Gasteiger partial charge in [0.2, 0.25) is 0 Å². The van der Waals surface area contributed by atoms with Crippen molar-refractivity contribution in [3.8, 4) is 0 Å². The van der Waals surface area contributed by atoms with Crippen LogP contribution >= 0.6 is 0 Å². The number of aliphatic hydroxyl groups excluding tert-OH is 1. The molecule has 23 heavy (non-hydrogen) atoms. The normalized spacial score (nSPS) is 37.9. The summed E-state index contributed by atoms with van der Waals surface area (Å²) in [6, 6.07) is 5.67. The Balaban J connectivity index is 1.45. The van der Waals surface area contributed by atoms with Gasteiger partial charge < -0.3 is 19.9 Å². The van der Waals surface area contributed by atoms with Crippen molar-refractivity contribution in [3.63, 3.8) is 0 Å². The third-order valence-electron chi connectivity index (χ3n) is 5.19. The number of hydrogen-bond acceptors (Lipinski definition) is 6. The van der Waals surface area contributed by atoms with Crippen LogP contribution in [0.2, 0.25) is 0 Å². The fourth-order valence-corrected chi connectivity index (χ4v) is 3.98. The van der Waals surface area contributed by atoms with E-state index in [-0.39, 0.29) is 24.5 Å². The molecular formula is C17H25N3O3. The van der Waals surface area contributed by atoms with Crippen LogP contribution in [0.5, 0.6) is 0 Å². The summed E-state index contributed by atoms with van der Waals surface area (Å²) in [7, 11) is 0. The molecule has 0 unspecified atom stereocenters. The number of hydrogen-bond donors (Lipinski definition) is 2. The van der Waals surface area contributed by atoms with Crippen molar-refractivity contribution in [2.75, 3.05) is 19.7 Å². The van der Waals surface area contributed by atoms with Gasteiger partial charge in [0.15, 0.2) is 6.29 Å². The second-order valence-electron chi connectivity index (χ2n) is 6.68. The van der Waals surface area contributed by atoms with Crippen LogP contribution in [0.3, 0.4) is 0 Å². The molecule has 4 rings (SSSR count). The van der Waals surface area contributed by atoms with Gasteiger partial charge in [0.05, 0.1) is 30.5 Å². The van der Waals surface area contributed by atoms with E-state index in [4.69, 9.17) is 9.47 Å². The van der Waals surface area contributed by atoms with Crippen molar-refractivity contribution < 1.29 is 14.6 Å². The molecule has 6 nitrogen and oxygen atoms in total. The van der Waals surface area contributed by atoms with Crippen molar-refractivity contribution in [2.45, 2.75) is 56.4 Å². The standard InChI is InChI=1S/C17H25N3O3/c21-16-14(19-10-12-6-2-3-7-18-12)13-11-22-17(23-13)15(16)20-8-4-1-5-9-20/h2-3,6-7,13-17,19,21H,1,4-5,8-11H2/t13-,14-,15+,16-,17+/m0/s1. The lowest BCUT2D eigenvalue weighted by atomic mass is 9.93. The van der Waals surface area contributed by atoms with Gasteiger partial charge in [-0.1, -0.05) is 12.5 Å². The summed E-state index contributed by atoms with van der Waals surface area (Å²) in [6.45, 7) is 3.21. The van der Waals surface area contributed by atoms with E-state index in [2.05, 4.69) is 15.2 Å². The first-order valence-corrected chi connectivity index (χ1v) is 8.65. The Hall–Kier alpha value is -1.05. The molecule has 0 spiro atoms. The molecular weight excluding hydrogens is 294 g/mol. The molecule has 2 bridgehead atoms. The van der Waals surface area contributed by atoms with E-state index < -0.39 is 6.10 Å². The van der Waals surface area contributed by atoms with Crippen LogP contribution in [0.15, 0.2) is 24.4 Å². The van der Waals surface area contributed by atoms with Gasteiger partial charge in [0, 0.05) is 12.7 Å². The third kappa shape index (κ3) is 3.14. The van der Waals surface area contributed by atoms with Gasteiger partial charge in [-0.2, -0.15) is 0 Å². The molecule has 3 saturated heterocycles. The number of ether oxygens (including phenoxy) is 2. The minimum atomic E-state index is -0.483. The van der Waals surface area contributed by atoms with Crippen molar-refractivity contribution in [3.05, 3.63) is 30.1 Å². The van der Waals surface area contributed by atoms with Gasteiger partial charge in [-0.15, -0.1) is 0 Å². The summed E-state index contributed by atoms with van der Waals surface area (Å²) in [5, 5.41) is 14.4. The predicted octanol–water partition coefficient (Wildman–Crippen LogP) is 0.510. The van der Waals surface area contributed by atoms with Crippen LogP contribution in [0.25, 0.3) is 0 Å². The van der Waals surface area contributed by atoms with E-state index in [9.17, 15) is 5.11 Å². The lowest BCUT2D eigenvalue weighted by molar-refractivity contribution is -0.184. The Labute approximate surface area is 136 Å². The van der Waals surface area contributed by atoms with Crippen molar-refractivity contribution in [1.29, 1.82) is 0 Å². The minimum Gasteiger partial charge on any atom is -0.390 e. The molecule has 126 valence electrons. The van der Waals surface area contributed by atoms with Gasteiger partial charge in [0.1, 0.15) is 6.10 Å². The average molecular weight is 319 g/mol. The fourth-order valence-electron chi connectivity index (χ4n) is 3.98. The molecule has 0 aromatic carbocycles. The number of likely N-dealkylation sites (tertiary alicyclic amines) is 1. The lowest BCUT2D eigenvalue weighted by Gasteiger charge is -2.45. The second-order valence-corrected chi connectivity index (χ2v) is 6.68. The zero-order valence-corrected chi connectivity index (χ0v) is 13.3. The number of rotatable bonds is 4. The topological polar surface area (TPSA) is 66.8 Å². The Morgan fingerprint density at radius 1 is 1.26 bits per heavy atom. The quantitative estimate of drug-likeness (QED) is 0.843. The molecule has 2 N–H and O–H groups in total. The highest BCUT2D eigenvalue weighted by Gasteiger charge is 2.51. The maximum absolute atomic E-state index is 11.0. The molecule has 3 aliphatic rings. The summed E-state index contributed by atoms with van der Waals surface area (Å²) in [6.07, 6.45) is 4.58. The SMILES string of the molecule is O[C@H]1[C@@H](NCc2ccccn2)[C@@H]2CO[C@H](O2)[C@@H]1N1CCCCC1. The smallest absolute Gasteiger partial charge is 0.176 e. The van der Waals surface area contributed by atoms with Gasteiger partial charge in [-0.25, -0.2) is 0 Å². The largest absolute Gasteiger partial charge is 0.390 e. The van der Waals surface area contributed by atoms with Crippen molar-refractivity contribution in [2.24, 2.45) is 0 Å². The number of aromatic nitrogens is 1. The van der Waals surface area contributed by atoms with Crippen LogP contribution in [0.4, 0.5) is 0 Å². The first kappa shape index (κ1) is 15.5. The zero-order chi connectivity index (χ0) is 15.6.